The second-order valence-electron chi connectivity index (χ2n) is 3.06. The normalized spacial score (nSPS) is 25.1. The molecule has 1 atom stereocenters. The third-order valence-electron chi connectivity index (χ3n) is 2.08. The molecule has 0 N–H and O–H groups in total. The summed E-state index contributed by atoms with van der Waals surface area (Å²) in [5, 5.41) is 0. The fraction of sp³-hybridized carbons (Fsp3) is 0.200. The van der Waals surface area contributed by atoms with Crippen molar-refractivity contribution >= 4 is 12.3 Å². The minimum atomic E-state index is -1.17. The lowest BCUT2D eigenvalue weighted by molar-refractivity contribution is -0.117. The van der Waals surface area contributed by atoms with Crippen molar-refractivity contribution in [2.45, 2.75) is 12.0 Å². The van der Waals surface area contributed by atoms with Crippen molar-refractivity contribution in [3.63, 3.8) is 0 Å². The monoisotopic (exact) mass is 176 g/mol. The molecule has 1 fully saturated rings. The fourth-order valence-electron chi connectivity index (χ4n) is 1.26. The van der Waals surface area contributed by atoms with Crippen molar-refractivity contribution in [2.75, 3.05) is 0 Å². The van der Waals surface area contributed by atoms with Gasteiger partial charge in [-0.25, -0.2) is 4.79 Å². The van der Waals surface area contributed by atoms with Gasteiger partial charge >= 0.3 is 5.97 Å². The van der Waals surface area contributed by atoms with Gasteiger partial charge in [0.15, 0.2) is 6.29 Å². The van der Waals surface area contributed by atoms with Crippen LogP contribution in [0.15, 0.2) is 30.3 Å². The van der Waals surface area contributed by atoms with Crippen LogP contribution >= 0.6 is 0 Å². The Morgan fingerprint density at radius 3 is 2.38 bits per heavy atom. The maximum absolute atomic E-state index is 10.8. The molecule has 13 heavy (non-hydrogen) atoms. The SMILES string of the molecule is O=CC1(Cc2ccccc2)OC1=O. The summed E-state index contributed by atoms with van der Waals surface area (Å²) in [7, 11) is 0. The standard InChI is InChI=1S/C10H8O3/c11-7-10(9(12)13-10)6-8-4-2-1-3-5-8/h1-5,7H,6H2. The molecule has 0 spiro atoms. The molecule has 1 aromatic carbocycles. The number of hydrogen-bond acceptors (Lipinski definition) is 3. The van der Waals surface area contributed by atoms with E-state index in [1.807, 2.05) is 30.3 Å². The topological polar surface area (TPSA) is 46.7 Å². The minimum Gasteiger partial charge on any atom is -0.435 e. The average molecular weight is 176 g/mol. The zero-order valence-corrected chi connectivity index (χ0v) is 6.90. The summed E-state index contributed by atoms with van der Waals surface area (Å²) >= 11 is 0. The van der Waals surface area contributed by atoms with E-state index in [9.17, 15) is 9.59 Å². The van der Waals surface area contributed by atoms with Gasteiger partial charge in [-0.1, -0.05) is 30.3 Å². The molecular formula is C10H8O3. The van der Waals surface area contributed by atoms with Crippen LogP contribution in [-0.4, -0.2) is 17.9 Å². The molecular weight excluding hydrogens is 168 g/mol. The van der Waals surface area contributed by atoms with Gasteiger partial charge in [-0.05, 0) is 5.56 Å². The summed E-state index contributed by atoms with van der Waals surface area (Å²) in [6, 6.07) is 9.33. The predicted molar refractivity (Wildman–Crippen MR) is 45.0 cm³/mol. The van der Waals surface area contributed by atoms with E-state index in [4.69, 9.17) is 0 Å². The van der Waals surface area contributed by atoms with Gasteiger partial charge in [0.1, 0.15) is 0 Å². The van der Waals surface area contributed by atoms with Crippen LogP contribution in [0.4, 0.5) is 0 Å². The molecule has 1 aliphatic rings. The van der Waals surface area contributed by atoms with Gasteiger partial charge in [-0.15, -0.1) is 0 Å². The Bertz CT molecular complexity index is 344. The maximum Gasteiger partial charge on any atom is 0.360 e. The van der Waals surface area contributed by atoms with E-state index in [1.54, 1.807) is 0 Å². The van der Waals surface area contributed by atoms with Crippen molar-refractivity contribution in [3.8, 4) is 0 Å². The third-order valence-corrected chi connectivity index (χ3v) is 2.08. The second kappa shape index (κ2) is 2.69. The van der Waals surface area contributed by atoms with Gasteiger partial charge < -0.3 is 4.74 Å². The van der Waals surface area contributed by atoms with Crippen LogP contribution in [0.1, 0.15) is 5.56 Å². The Morgan fingerprint density at radius 2 is 1.92 bits per heavy atom. The summed E-state index contributed by atoms with van der Waals surface area (Å²) in [5.41, 5.74) is -0.234. The van der Waals surface area contributed by atoms with Crippen LogP contribution in [0.25, 0.3) is 0 Å². The summed E-state index contributed by atoms with van der Waals surface area (Å²) < 4.78 is 4.65. The van der Waals surface area contributed by atoms with E-state index in [2.05, 4.69) is 4.74 Å². The molecule has 0 aromatic heterocycles. The lowest BCUT2D eigenvalue weighted by Gasteiger charge is -1.99. The van der Waals surface area contributed by atoms with Crippen LogP contribution in [0.5, 0.6) is 0 Å². The summed E-state index contributed by atoms with van der Waals surface area (Å²) in [5.74, 6) is -0.425. The zero-order chi connectivity index (χ0) is 9.31. The maximum atomic E-state index is 10.8. The van der Waals surface area contributed by atoms with E-state index in [-0.39, 0.29) is 0 Å². The van der Waals surface area contributed by atoms with Crippen LogP contribution in [0, 0.1) is 0 Å². The van der Waals surface area contributed by atoms with E-state index in [1.165, 1.54) is 0 Å². The van der Waals surface area contributed by atoms with E-state index >= 15 is 0 Å². The molecule has 0 bridgehead atoms. The van der Waals surface area contributed by atoms with Gasteiger partial charge in [0.05, 0.1) is 0 Å². The fourth-order valence-corrected chi connectivity index (χ4v) is 1.26. The molecule has 66 valence electrons. The Labute approximate surface area is 75.3 Å². The van der Waals surface area contributed by atoms with Crippen molar-refractivity contribution in [2.24, 2.45) is 0 Å². The quantitative estimate of drug-likeness (QED) is 0.387. The first kappa shape index (κ1) is 7.98. The van der Waals surface area contributed by atoms with Crippen molar-refractivity contribution in [1.82, 2.24) is 0 Å². The van der Waals surface area contributed by atoms with Crippen LogP contribution in [0.2, 0.25) is 0 Å². The molecule has 0 radical (unpaired) electrons. The first-order valence-electron chi connectivity index (χ1n) is 4.00. The average Bonchev–Trinajstić information content (AvgIpc) is 2.79. The van der Waals surface area contributed by atoms with Crippen molar-refractivity contribution in [1.29, 1.82) is 0 Å². The molecule has 0 saturated carbocycles. The van der Waals surface area contributed by atoms with E-state index in [0.29, 0.717) is 12.7 Å². The molecule has 0 amide bonds. The molecule has 0 aliphatic carbocycles. The number of rotatable bonds is 3. The number of carbonyl (C=O) groups is 2. The molecule has 3 heteroatoms. The number of hydrogen-bond donors (Lipinski definition) is 0. The molecule has 2 rings (SSSR count). The minimum absolute atomic E-state index is 0.343. The summed E-state index contributed by atoms with van der Waals surface area (Å²) in [6.45, 7) is 0. The summed E-state index contributed by atoms with van der Waals surface area (Å²) in [6.07, 6.45) is 0.915. The first-order chi connectivity index (χ1) is 6.27. The third kappa shape index (κ3) is 1.33. The van der Waals surface area contributed by atoms with Crippen LogP contribution in [0.3, 0.4) is 0 Å². The Hall–Kier alpha value is -1.64. The Morgan fingerprint density at radius 1 is 1.31 bits per heavy atom. The molecule has 3 nitrogen and oxygen atoms in total. The molecule has 1 heterocycles. The predicted octanol–water partition coefficient (Wildman–Crippen LogP) is 0.724. The molecule has 1 aliphatic heterocycles. The van der Waals surface area contributed by atoms with Gasteiger partial charge in [-0.2, -0.15) is 0 Å². The lowest BCUT2D eigenvalue weighted by atomic mass is 10.0. The number of aldehydes is 1. The van der Waals surface area contributed by atoms with Crippen LogP contribution < -0.4 is 0 Å². The highest BCUT2D eigenvalue weighted by atomic mass is 16.7. The highest BCUT2D eigenvalue weighted by Crippen LogP contribution is 2.30. The van der Waals surface area contributed by atoms with Crippen molar-refractivity contribution in [3.05, 3.63) is 35.9 Å². The van der Waals surface area contributed by atoms with E-state index in [0.717, 1.165) is 5.56 Å². The Balaban J connectivity index is 2.15. The Kier molecular flexibility index (Phi) is 1.65. The molecule has 1 saturated heterocycles. The van der Waals surface area contributed by atoms with Gasteiger partial charge in [0.2, 0.25) is 0 Å². The number of ether oxygens (including phenoxy) is 1. The number of epoxide rings is 1. The largest absolute Gasteiger partial charge is 0.435 e. The number of cyclic esters (lactones) is 1. The second-order valence-corrected chi connectivity index (χ2v) is 3.06. The number of carbonyl (C=O) groups excluding carboxylic acids is 2. The zero-order valence-electron chi connectivity index (χ0n) is 6.90. The number of benzene rings is 1. The van der Waals surface area contributed by atoms with E-state index < -0.39 is 11.6 Å². The smallest absolute Gasteiger partial charge is 0.360 e. The van der Waals surface area contributed by atoms with Crippen molar-refractivity contribution < 1.29 is 14.3 Å². The lowest BCUT2D eigenvalue weighted by Crippen LogP contribution is -2.18. The molecule has 1 unspecified atom stereocenters. The van der Waals surface area contributed by atoms with Gasteiger partial charge in [0.25, 0.3) is 5.60 Å². The molecule has 1 aromatic rings. The van der Waals surface area contributed by atoms with Gasteiger partial charge in [0, 0.05) is 6.42 Å². The highest BCUT2D eigenvalue weighted by molar-refractivity contribution is 6.08. The highest BCUT2D eigenvalue weighted by Gasteiger charge is 2.58. The van der Waals surface area contributed by atoms with Gasteiger partial charge in [-0.3, -0.25) is 4.79 Å². The first-order valence-corrected chi connectivity index (χ1v) is 4.00. The summed E-state index contributed by atoms with van der Waals surface area (Å²) in [4.78, 5) is 21.3. The van der Waals surface area contributed by atoms with Crippen LogP contribution in [-0.2, 0) is 20.7 Å².